The number of carbonyl (C=O) groups is 1. The van der Waals surface area contributed by atoms with Crippen molar-refractivity contribution in [1.82, 2.24) is 5.32 Å². The Balaban J connectivity index is 4.42. The van der Waals surface area contributed by atoms with E-state index in [0.717, 1.165) is 6.42 Å². The molecule has 0 fully saturated rings. The summed E-state index contributed by atoms with van der Waals surface area (Å²) in [4.78, 5) is 10.5. The molecule has 19 heavy (non-hydrogen) atoms. The van der Waals surface area contributed by atoms with Crippen LogP contribution >= 0.6 is 0 Å². The van der Waals surface area contributed by atoms with Gasteiger partial charge in [0.1, 0.15) is 0 Å². The first-order valence-corrected chi connectivity index (χ1v) is 8.00. The number of hydrogen-bond donors (Lipinski definition) is 2. The van der Waals surface area contributed by atoms with E-state index in [1.54, 1.807) is 0 Å². The summed E-state index contributed by atoms with van der Waals surface area (Å²) in [7, 11) is 0.154. The average molecular weight is 295 g/mol. The highest BCUT2D eigenvalue weighted by atomic mass is 32.2. The maximum absolute atomic E-state index is 10.7. The van der Waals surface area contributed by atoms with Gasteiger partial charge in [-0.2, -0.15) is 8.42 Å². The summed E-state index contributed by atoms with van der Waals surface area (Å²) >= 11 is 0. The van der Waals surface area contributed by atoms with Crippen molar-refractivity contribution in [2.24, 2.45) is 0 Å². The second-order valence-corrected chi connectivity index (χ2v) is 7.91. The van der Waals surface area contributed by atoms with E-state index in [1.807, 2.05) is 27.9 Å². The van der Waals surface area contributed by atoms with Gasteiger partial charge in [0.2, 0.25) is 6.41 Å². The van der Waals surface area contributed by atoms with Crippen LogP contribution in [0.3, 0.4) is 0 Å². The summed E-state index contributed by atoms with van der Waals surface area (Å²) in [5.74, 6) is -0.211. The Morgan fingerprint density at radius 3 is 2.32 bits per heavy atom. The molecule has 7 heteroatoms. The molecule has 0 rings (SSSR count). The van der Waals surface area contributed by atoms with Crippen LogP contribution < -0.4 is 5.32 Å². The van der Waals surface area contributed by atoms with Gasteiger partial charge in [-0.15, -0.1) is 0 Å². The molecule has 0 aliphatic carbocycles. The van der Waals surface area contributed by atoms with E-state index in [1.165, 1.54) is 0 Å². The van der Waals surface area contributed by atoms with Crippen LogP contribution in [0.2, 0.25) is 0 Å². The summed E-state index contributed by atoms with van der Waals surface area (Å²) in [5.41, 5.74) is -0.292. The molecule has 6 nitrogen and oxygen atoms in total. The van der Waals surface area contributed by atoms with Crippen LogP contribution in [0.4, 0.5) is 0 Å². The number of nitrogens with zero attached hydrogens (tertiary/aromatic N) is 1. The third-order valence-electron chi connectivity index (χ3n) is 3.59. The van der Waals surface area contributed by atoms with Gasteiger partial charge in [-0.25, -0.2) is 0 Å². The fraction of sp³-hybridized carbons (Fsp3) is 0.917. The van der Waals surface area contributed by atoms with E-state index in [0.29, 0.717) is 23.9 Å². The van der Waals surface area contributed by atoms with E-state index in [-0.39, 0.29) is 17.3 Å². The van der Waals surface area contributed by atoms with Gasteiger partial charge in [0.15, 0.2) is 0 Å². The summed E-state index contributed by atoms with van der Waals surface area (Å²) in [6.07, 6.45) is 1.90. The lowest BCUT2D eigenvalue weighted by Gasteiger charge is -2.39. The average Bonchev–Trinajstić information content (AvgIpc) is 2.13. The standard InChI is InChI=1S/C12H26N2O4S/c1-11(9-12(2,3)13-10-15)14(4,5)7-6-8-19(16,17)18/h10-11H,6-9H2,1-5H3,(H-,13,15,16,17,18)/p+1. The zero-order chi connectivity index (χ0) is 15.3. The van der Waals surface area contributed by atoms with Crippen molar-refractivity contribution in [2.75, 3.05) is 26.4 Å². The van der Waals surface area contributed by atoms with Gasteiger partial charge in [-0.05, 0) is 20.8 Å². The molecule has 1 unspecified atom stereocenters. The normalized spacial score (nSPS) is 15.1. The Hall–Kier alpha value is -0.660. The molecule has 1 atom stereocenters. The van der Waals surface area contributed by atoms with Crippen molar-refractivity contribution in [2.45, 2.75) is 45.2 Å². The van der Waals surface area contributed by atoms with E-state index >= 15 is 0 Å². The maximum atomic E-state index is 10.7. The van der Waals surface area contributed by atoms with Gasteiger partial charge in [-0.3, -0.25) is 9.35 Å². The second-order valence-electron chi connectivity index (χ2n) is 6.34. The molecule has 0 spiro atoms. The van der Waals surface area contributed by atoms with Crippen molar-refractivity contribution >= 4 is 16.5 Å². The molecule has 0 radical (unpaired) electrons. The van der Waals surface area contributed by atoms with Gasteiger partial charge in [0.25, 0.3) is 10.1 Å². The van der Waals surface area contributed by atoms with Crippen molar-refractivity contribution in [3.05, 3.63) is 0 Å². The minimum Gasteiger partial charge on any atom is -0.354 e. The number of rotatable bonds is 9. The zero-order valence-corrected chi connectivity index (χ0v) is 13.3. The summed E-state index contributed by atoms with van der Waals surface area (Å²) in [6, 6.07) is 0.254. The first-order chi connectivity index (χ1) is 8.40. The molecule has 0 heterocycles. The van der Waals surface area contributed by atoms with Crippen molar-refractivity contribution in [3.8, 4) is 0 Å². The maximum Gasteiger partial charge on any atom is 0.265 e. The van der Waals surface area contributed by atoms with Gasteiger partial charge in [0.05, 0.1) is 32.4 Å². The van der Waals surface area contributed by atoms with Crippen LogP contribution in [0.5, 0.6) is 0 Å². The summed E-state index contributed by atoms with van der Waals surface area (Å²) < 4.78 is 30.8. The number of carbonyl (C=O) groups excluding carboxylic acids is 1. The van der Waals surface area contributed by atoms with Gasteiger partial charge < -0.3 is 9.80 Å². The fourth-order valence-corrected chi connectivity index (χ4v) is 2.57. The molecule has 1 amide bonds. The lowest BCUT2D eigenvalue weighted by molar-refractivity contribution is -0.913. The second kappa shape index (κ2) is 6.67. The fourth-order valence-electron chi connectivity index (χ4n) is 2.08. The Kier molecular flexibility index (Phi) is 6.44. The molecule has 0 aromatic rings. The van der Waals surface area contributed by atoms with E-state index in [9.17, 15) is 13.2 Å². The minimum absolute atomic E-state index is 0.211. The highest BCUT2D eigenvalue weighted by molar-refractivity contribution is 7.85. The predicted octanol–water partition coefficient (Wildman–Crippen LogP) is 0.644. The number of quaternary nitrogens is 1. The highest BCUT2D eigenvalue weighted by Crippen LogP contribution is 2.19. The molecule has 0 bridgehead atoms. The molecule has 2 N–H and O–H groups in total. The lowest BCUT2D eigenvalue weighted by atomic mass is 9.94. The summed E-state index contributed by atoms with van der Waals surface area (Å²) in [6.45, 7) is 6.63. The molecule has 0 aliphatic heterocycles. The van der Waals surface area contributed by atoms with Gasteiger partial charge in [-0.1, -0.05) is 0 Å². The third-order valence-corrected chi connectivity index (χ3v) is 4.39. The molecule has 0 saturated heterocycles. The first-order valence-electron chi connectivity index (χ1n) is 6.39. The quantitative estimate of drug-likeness (QED) is 0.371. The topological polar surface area (TPSA) is 83.5 Å². The Morgan fingerprint density at radius 1 is 1.37 bits per heavy atom. The monoisotopic (exact) mass is 295 g/mol. The van der Waals surface area contributed by atoms with Crippen LogP contribution in [0, 0.1) is 0 Å². The minimum atomic E-state index is -3.88. The number of hydrogen-bond acceptors (Lipinski definition) is 3. The third kappa shape index (κ3) is 8.18. The van der Waals surface area contributed by atoms with Crippen LogP contribution in [0.1, 0.15) is 33.6 Å². The molecule has 0 aromatic heterocycles. The zero-order valence-electron chi connectivity index (χ0n) is 12.5. The lowest BCUT2D eigenvalue weighted by Crippen LogP contribution is -2.53. The van der Waals surface area contributed by atoms with Crippen molar-refractivity contribution < 1.29 is 22.2 Å². The van der Waals surface area contributed by atoms with E-state index in [4.69, 9.17) is 4.55 Å². The molecular formula is C12H27N2O4S+. The van der Waals surface area contributed by atoms with E-state index < -0.39 is 10.1 Å². The molecule has 0 aromatic carbocycles. The Bertz CT molecular complexity index is 391. The molecule has 0 aliphatic rings. The van der Waals surface area contributed by atoms with Crippen molar-refractivity contribution in [1.29, 1.82) is 0 Å². The highest BCUT2D eigenvalue weighted by Gasteiger charge is 2.30. The molecular weight excluding hydrogens is 268 g/mol. The smallest absolute Gasteiger partial charge is 0.265 e. The molecule has 114 valence electrons. The van der Waals surface area contributed by atoms with Crippen LogP contribution in [0.15, 0.2) is 0 Å². The summed E-state index contributed by atoms with van der Waals surface area (Å²) in [5, 5.41) is 2.78. The van der Waals surface area contributed by atoms with Crippen LogP contribution in [-0.2, 0) is 14.9 Å². The molecule has 0 saturated carbocycles. The Morgan fingerprint density at radius 2 is 1.89 bits per heavy atom. The van der Waals surface area contributed by atoms with E-state index in [2.05, 4.69) is 12.2 Å². The van der Waals surface area contributed by atoms with Crippen LogP contribution in [0.25, 0.3) is 0 Å². The first kappa shape index (κ1) is 18.3. The van der Waals surface area contributed by atoms with Crippen LogP contribution in [-0.4, -0.2) is 61.8 Å². The predicted molar refractivity (Wildman–Crippen MR) is 75.4 cm³/mol. The number of amides is 1. The van der Waals surface area contributed by atoms with Gasteiger partial charge >= 0.3 is 0 Å². The largest absolute Gasteiger partial charge is 0.354 e. The van der Waals surface area contributed by atoms with Crippen molar-refractivity contribution in [3.63, 3.8) is 0 Å². The SMILES string of the molecule is CC(CC(C)(C)NC=O)[N+](C)(C)CCCS(=O)(=O)O. The van der Waals surface area contributed by atoms with Gasteiger partial charge in [0, 0.05) is 18.4 Å². The Labute approximate surface area is 116 Å². The number of nitrogens with one attached hydrogen (secondary N) is 1.